The minimum absolute atomic E-state index is 0.140. The number of hydrogen-bond acceptors (Lipinski definition) is 2. The average molecular weight is 260 g/mol. The third kappa shape index (κ3) is 2.00. The summed E-state index contributed by atoms with van der Waals surface area (Å²) in [6.07, 6.45) is -1.33. The summed E-state index contributed by atoms with van der Waals surface area (Å²) in [5.41, 5.74) is 0.451. The Morgan fingerprint density at radius 3 is 2.58 bits per heavy atom. The lowest BCUT2D eigenvalue weighted by Crippen LogP contribution is -2.02. The molecule has 2 nitrogen and oxygen atoms in total. The molecule has 96 valence electrons. The van der Waals surface area contributed by atoms with Gasteiger partial charge in [-0.25, -0.2) is 8.78 Å². The summed E-state index contributed by atoms with van der Waals surface area (Å²) < 4.78 is 32.2. The predicted molar refractivity (Wildman–Crippen MR) is 66.6 cm³/mol. The van der Waals surface area contributed by atoms with Gasteiger partial charge < -0.3 is 9.52 Å². The van der Waals surface area contributed by atoms with Crippen molar-refractivity contribution in [3.05, 3.63) is 71.5 Å². The number of rotatable bonds is 2. The fraction of sp³-hybridized carbons (Fsp3) is 0.0667. The summed E-state index contributed by atoms with van der Waals surface area (Å²) in [5, 5.41) is 10.9. The van der Waals surface area contributed by atoms with Gasteiger partial charge in [-0.05, 0) is 18.2 Å². The van der Waals surface area contributed by atoms with Crippen LogP contribution in [0.3, 0.4) is 0 Å². The molecular formula is C15H10F2O2. The molecule has 0 spiro atoms. The highest BCUT2D eigenvalue weighted by atomic mass is 19.2. The molecule has 4 heteroatoms. The van der Waals surface area contributed by atoms with Crippen LogP contribution in [0.4, 0.5) is 8.78 Å². The molecule has 3 rings (SSSR count). The molecule has 0 aliphatic carbocycles. The zero-order valence-electron chi connectivity index (χ0n) is 9.81. The number of fused-ring (bicyclic) bond motifs is 1. The molecule has 1 N–H and O–H groups in total. The molecule has 0 saturated heterocycles. The number of furan rings is 1. The lowest BCUT2D eigenvalue weighted by Gasteiger charge is -2.09. The van der Waals surface area contributed by atoms with E-state index in [1.807, 2.05) is 12.1 Å². The van der Waals surface area contributed by atoms with Crippen LogP contribution in [0.1, 0.15) is 17.4 Å². The largest absolute Gasteiger partial charge is 0.458 e. The number of halogens is 2. The zero-order valence-corrected chi connectivity index (χ0v) is 9.81. The van der Waals surface area contributed by atoms with Crippen LogP contribution in [-0.2, 0) is 0 Å². The van der Waals surface area contributed by atoms with E-state index in [9.17, 15) is 13.9 Å². The molecule has 0 radical (unpaired) electrons. The van der Waals surface area contributed by atoms with Crippen molar-refractivity contribution in [2.24, 2.45) is 0 Å². The van der Waals surface area contributed by atoms with Gasteiger partial charge in [-0.3, -0.25) is 0 Å². The van der Waals surface area contributed by atoms with Gasteiger partial charge in [0.15, 0.2) is 11.6 Å². The number of aliphatic hydroxyl groups excluding tert-OH is 1. The van der Waals surface area contributed by atoms with Gasteiger partial charge in [0.05, 0.1) is 0 Å². The van der Waals surface area contributed by atoms with Gasteiger partial charge in [-0.15, -0.1) is 0 Å². The van der Waals surface area contributed by atoms with E-state index in [4.69, 9.17) is 4.42 Å². The van der Waals surface area contributed by atoms with Crippen molar-refractivity contribution in [2.45, 2.75) is 6.10 Å². The van der Waals surface area contributed by atoms with Crippen LogP contribution in [-0.4, -0.2) is 5.11 Å². The van der Waals surface area contributed by atoms with Crippen LogP contribution in [0.2, 0.25) is 0 Å². The van der Waals surface area contributed by atoms with E-state index in [2.05, 4.69) is 0 Å². The number of hydrogen-bond donors (Lipinski definition) is 1. The average Bonchev–Trinajstić information content (AvgIpc) is 2.85. The Kier molecular flexibility index (Phi) is 2.80. The highest BCUT2D eigenvalue weighted by molar-refractivity contribution is 5.77. The van der Waals surface area contributed by atoms with Gasteiger partial charge in [0.1, 0.15) is 17.4 Å². The first kappa shape index (κ1) is 11.9. The summed E-state index contributed by atoms with van der Waals surface area (Å²) in [5.74, 6) is -1.87. The second-order valence-electron chi connectivity index (χ2n) is 4.23. The van der Waals surface area contributed by atoms with Crippen molar-refractivity contribution < 1.29 is 18.3 Å². The molecule has 3 aromatic rings. The number of benzene rings is 2. The first-order valence-corrected chi connectivity index (χ1v) is 5.77. The second-order valence-corrected chi connectivity index (χ2v) is 4.23. The van der Waals surface area contributed by atoms with Crippen molar-refractivity contribution in [3.8, 4) is 0 Å². The maximum atomic E-state index is 13.6. The number of para-hydroxylation sites is 1. The van der Waals surface area contributed by atoms with E-state index in [0.29, 0.717) is 5.58 Å². The Balaban J connectivity index is 2.08. The van der Waals surface area contributed by atoms with E-state index >= 15 is 0 Å². The van der Waals surface area contributed by atoms with Gasteiger partial charge in [-0.1, -0.05) is 30.3 Å². The summed E-state index contributed by atoms with van der Waals surface area (Å²) in [7, 11) is 0. The summed E-state index contributed by atoms with van der Waals surface area (Å²) in [6, 6.07) is 12.5. The van der Waals surface area contributed by atoms with Crippen LogP contribution in [0.25, 0.3) is 11.0 Å². The minimum atomic E-state index is -1.33. The molecule has 2 aromatic carbocycles. The summed E-state index contributed by atoms with van der Waals surface area (Å²) >= 11 is 0. The van der Waals surface area contributed by atoms with E-state index in [0.717, 1.165) is 11.5 Å². The molecule has 1 atom stereocenters. The fourth-order valence-electron chi connectivity index (χ4n) is 2.02. The Bertz CT molecular complexity index is 701. The third-order valence-electron chi connectivity index (χ3n) is 2.99. The minimum Gasteiger partial charge on any atom is -0.458 e. The Labute approximate surface area is 107 Å². The molecular weight excluding hydrogens is 250 g/mol. The predicted octanol–water partition coefficient (Wildman–Crippen LogP) is 3.79. The van der Waals surface area contributed by atoms with Crippen molar-refractivity contribution in [3.63, 3.8) is 0 Å². The smallest absolute Gasteiger partial charge is 0.165 e. The molecule has 1 heterocycles. The monoisotopic (exact) mass is 260 g/mol. The molecule has 0 aliphatic rings. The zero-order chi connectivity index (χ0) is 13.4. The Hall–Kier alpha value is -2.20. The highest BCUT2D eigenvalue weighted by Gasteiger charge is 2.20. The first-order valence-electron chi connectivity index (χ1n) is 5.77. The van der Waals surface area contributed by atoms with Crippen molar-refractivity contribution in [1.29, 1.82) is 0 Å². The van der Waals surface area contributed by atoms with Gasteiger partial charge >= 0.3 is 0 Å². The standard InChI is InChI=1S/C15H10F2O2/c16-11-6-3-5-10(14(11)17)15(18)13-8-9-4-1-2-7-12(9)19-13/h1-8,15,18H. The molecule has 1 aromatic heterocycles. The fourth-order valence-corrected chi connectivity index (χ4v) is 2.02. The van der Waals surface area contributed by atoms with Crippen LogP contribution < -0.4 is 0 Å². The molecule has 0 saturated carbocycles. The van der Waals surface area contributed by atoms with Crippen molar-refractivity contribution in [2.75, 3.05) is 0 Å². The van der Waals surface area contributed by atoms with Gasteiger partial charge in [0.2, 0.25) is 0 Å². The second kappa shape index (κ2) is 4.48. The Morgan fingerprint density at radius 2 is 1.79 bits per heavy atom. The van der Waals surface area contributed by atoms with Crippen LogP contribution in [0.15, 0.2) is 52.9 Å². The van der Waals surface area contributed by atoms with Gasteiger partial charge in [-0.2, -0.15) is 0 Å². The maximum Gasteiger partial charge on any atom is 0.165 e. The molecule has 1 unspecified atom stereocenters. The summed E-state index contributed by atoms with van der Waals surface area (Å²) in [6.45, 7) is 0. The Morgan fingerprint density at radius 1 is 1.00 bits per heavy atom. The van der Waals surface area contributed by atoms with Crippen LogP contribution >= 0.6 is 0 Å². The molecule has 19 heavy (non-hydrogen) atoms. The van der Waals surface area contributed by atoms with E-state index in [1.54, 1.807) is 18.2 Å². The van der Waals surface area contributed by atoms with Crippen molar-refractivity contribution in [1.82, 2.24) is 0 Å². The summed E-state index contributed by atoms with van der Waals surface area (Å²) in [4.78, 5) is 0. The lowest BCUT2D eigenvalue weighted by atomic mass is 10.1. The molecule has 0 fully saturated rings. The molecule has 0 bridgehead atoms. The van der Waals surface area contributed by atoms with E-state index in [1.165, 1.54) is 12.1 Å². The maximum absolute atomic E-state index is 13.6. The third-order valence-corrected chi connectivity index (χ3v) is 2.99. The highest BCUT2D eigenvalue weighted by Crippen LogP contribution is 2.29. The van der Waals surface area contributed by atoms with Crippen LogP contribution in [0, 0.1) is 11.6 Å². The quantitative estimate of drug-likeness (QED) is 0.760. The molecule has 0 aliphatic heterocycles. The van der Waals surface area contributed by atoms with Crippen LogP contribution in [0.5, 0.6) is 0 Å². The van der Waals surface area contributed by atoms with Crippen molar-refractivity contribution >= 4 is 11.0 Å². The SMILES string of the molecule is OC(c1cc2ccccc2o1)c1cccc(F)c1F. The normalized spacial score (nSPS) is 12.8. The topological polar surface area (TPSA) is 33.4 Å². The van der Waals surface area contributed by atoms with E-state index < -0.39 is 17.7 Å². The van der Waals surface area contributed by atoms with Gasteiger partial charge in [0, 0.05) is 10.9 Å². The molecule has 0 amide bonds. The first-order chi connectivity index (χ1) is 9.16. The van der Waals surface area contributed by atoms with E-state index in [-0.39, 0.29) is 11.3 Å². The lowest BCUT2D eigenvalue weighted by molar-refractivity contribution is 0.186. The number of aliphatic hydroxyl groups is 1. The van der Waals surface area contributed by atoms with Gasteiger partial charge in [0.25, 0.3) is 0 Å².